The zero-order chi connectivity index (χ0) is 14.3. The van der Waals surface area contributed by atoms with Gasteiger partial charge in [-0.3, -0.25) is 0 Å². The summed E-state index contributed by atoms with van der Waals surface area (Å²) in [6.07, 6.45) is 1.29. The molecule has 0 saturated carbocycles. The molecule has 0 amide bonds. The quantitative estimate of drug-likeness (QED) is 0.559. The average Bonchev–Trinajstić information content (AvgIpc) is 2.33. The van der Waals surface area contributed by atoms with Crippen LogP contribution < -0.4 is 15.8 Å². The van der Waals surface area contributed by atoms with Crippen LogP contribution in [0.4, 0.5) is 11.4 Å². The predicted molar refractivity (Wildman–Crippen MR) is 87.3 cm³/mol. The average molecular weight is 282 g/mol. The number of nitrogens with two attached hydrogens (primary N) is 1. The standard InChI is InChI=1S/C15H26N2OS/c1-5-19-9-8-12(4)17-13-6-7-14(16)15(10-13)18-11(2)3/h6-7,10-12,17H,5,8-9,16H2,1-4H3. The minimum Gasteiger partial charge on any atom is -0.489 e. The molecule has 0 aromatic heterocycles. The van der Waals surface area contributed by atoms with Gasteiger partial charge in [-0.05, 0) is 50.8 Å². The van der Waals surface area contributed by atoms with Gasteiger partial charge in [-0.1, -0.05) is 6.92 Å². The Balaban J connectivity index is 2.58. The molecule has 0 radical (unpaired) electrons. The molecule has 3 nitrogen and oxygen atoms in total. The van der Waals surface area contributed by atoms with E-state index in [0.29, 0.717) is 11.7 Å². The maximum Gasteiger partial charge on any atom is 0.144 e. The summed E-state index contributed by atoms with van der Waals surface area (Å²) >= 11 is 1.98. The van der Waals surface area contributed by atoms with Gasteiger partial charge in [-0.15, -0.1) is 0 Å². The van der Waals surface area contributed by atoms with Gasteiger partial charge < -0.3 is 15.8 Å². The van der Waals surface area contributed by atoms with Crippen LogP contribution in [-0.2, 0) is 0 Å². The van der Waals surface area contributed by atoms with Gasteiger partial charge in [0.05, 0.1) is 11.8 Å². The third kappa shape index (κ3) is 6.10. The summed E-state index contributed by atoms with van der Waals surface area (Å²) in [4.78, 5) is 0. The summed E-state index contributed by atoms with van der Waals surface area (Å²) in [7, 11) is 0. The Morgan fingerprint density at radius 2 is 2.05 bits per heavy atom. The first-order valence-electron chi connectivity index (χ1n) is 6.93. The summed E-state index contributed by atoms with van der Waals surface area (Å²) in [5.41, 5.74) is 7.67. The summed E-state index contributed by atoms with van der Waals surface area (Å²) < 4.78 is 5.70. The lowest BCUT2D eigenvalue weighted by atomic mass is 10.2. The van der Waals surface area contributed by atoms with E-state index in [1.54, 1.807) is 0 Å². The van der Waals surface area contributed by atoms with E-state index in [1.165, 1.54) is 11.5 Å². The molecule has 19 heavy (non-hydrogen) atoms. The number of thioether (sulfide) groups is 1. The first kappa shape index (κ1) is 16.0. The second kappa shape index (κ2) is 8.20. The van der Waals surface area contributed by atoms with E-state index >= 15 is 0 Å². The minimum atomic E-state index is 0.135. The Hall–Kier alpha value is -1.03. The fourth-order valence-corrected chi connectivity index (χ4v) is 2.55. The van der Waals surface area contributed by atoms with Crippen molar-refractivity contribution >= 4 is 23.1 Å². The molecule has 1 rings (SSSR count). The van der Waals surface area contributed by atoms with Crippen LogP contribution in [0.1, 0.15) is 34.1 Å². The molecule has 0 saturated heterocycles. The summed E-state index contributed by atoms with van der Waals surface area (Å²) in [5, 5.41) is 3.49. The molecule has 0 fully saturated rings. The van der Waals surface area contributed by atoms with Crippen molar-refractivity contribution in [1.29, 1.82) is 0 Å². The summed E-state index contributed by atoms with van der Waals surface area (Å²) in [5.74, 6) is 3.13. The predicted octanol–water partition coefficient (Wildman–Crippen LogP) is 4.00. The lowest BCUT2D eigenvalue weighted by Crippen LogP contribution is -2.16. The van der Waals surface area contributed by atoms with Crippen LogP contribution in [0, 0.1) is 0 Å². The van der Waals surface area contributed by atoms with Crippen LogP contribution in [0.3, 0.4) is 0 Å². The largest absolute Gasteiger partial charge is 0.489 e. The van der Waals surface area contributed by atoms with E-state index in [0.717, 1.165) is 17.9 Å². The molecule has 0 heterocycles. The number of nitrogens with one attached hydrogen (secondary N) is 1. The van der Waals surface area contributed by atoms with Gasteiger partial charge in [0.2, 0.25) is 0 Å². The van der Waals surface area contributed by atoms with Crippen LogP contribution in [0.25, 0.3) is 0 Å². The highest BCUT2D eigenvalue weighted by molar-refractivity contribution is 7.99. The molecule has 0 aliphatic heterocycles. The van der Waals surface area contributed by atoms with E-state index in [-0.39, 0.29) is 6.10 Å². The van der Waals surface area contributed by atoms with Crippen molar-refractivity contribution in [3.8, 4) is 5.75 Å². The van der Waals surface area contributed by atoms with Gasteiger partial charge in [0.25, 0.3) is 0 Å². The van der Waals surface area contributed by atoms with Gasteiger partial charge in [-0.2, -0.15) is 11.8 Å². The number of ether oxygens (including phenoxy) is 1. The maximum absolute atomic E-state index is 5.91. The molecular weight excluding hydrogens is 256 g/mol. The number of rotatable bonds is 8. The van der Waals surface area contributed by atoms with E-state index in [4.69, 9.17) is 10.5 Å². The van der Waals surface area contributed by atoms with Crippen molar-refractivity contribution in [2.75, 3.05) is 22.6 Å². The molecule has 3 N–H and O–H groups in total. The van der Waals surface area contributed by atoms with Crippen molar-refractivity contribution in [2.24, 2.45) is 0 Å². The number of hydrogen-bond donors (Lipinski definition) is 2. The highest BCUT2D eigenvalue weighted by Crippen LogP contribution is 2.27. The molecular formula is C15H26N2OS. The topological polar surface area (TPSA) is 47.3 Å². The zero-order valence-corrected chi connectivity index (χ0v) is 13.2. The third-order valence-corrected chi connectivity index (χ3v) is 3.62. The Labute approximate surface area is 121 Å². The number of nitrogen functional groups attached to an aromatic ring is 1. The van der Waals surface area contributed by atoms with Crippen LogP contribution in [0.15, 0.2) is 18.2 Å². The summed E-state index contributed by atoms with van der Waals surface area (Å²) in [6, 6.07) is 6.34. The molecule has 4 heteroatoms. The maximum atomic E-state index is 5.91. The van der Waals surface area contributed by atoms with Crippen LogP contribution in [0.5, 0.6) is 5.75 Å². The molecule has 1 aromatic carbocycles. The third-order valence-electron chi connectivity index (χ3n) is 2.69. The SMILES string of the molecule is CCSCCC(C)Nc1ccc(N)c(OC(C)C)c1. The minimum absolute atomic E-state index is 0.135. The smallest absolute Gasteiger partial charge is 0.144 e. The lowest BCUT2D eigenvalue weighted by molar-refractivity contribution is 0.244. The Morgan fingerprint density at radius 3 is 2.68 bits per heavy atom. The fourth-order valence-electron chi connectivity index (χ4n) is 1.74. The van der Waals surface area contributed by atoms with Gasteiger partial charge >= 0.3 is 0 Å². The Morgan fingerprint density at radius 1 is 1.32 bits per heavy atom. The normalized spacial score (nSPS) is 12.5. The zero-order valence-electron chi connectivity index (χ0n) is 12.4. The Kier molecular flexibility index (Phi) is 6.92. The monoisotopic (exact) mass is 282 g/mol. The number of hydrogen-bond acceptors (Lipinski definition) is 4. The molecule has 0 spiro atoms. The molecule has 1 aromatic rings. The molecule has 0 bridgehead atoms. The van der Waals surface area contributed by atoms with Crippen LogP contribution in [-0.4, -0.2) is 23.7 Å². The van der Waals surface area contributed by atoms with Gasteiger partial charge in [0.15, 0.2) is 0 Å². The van der Waals surface area contributed by atoms with Crippen LogP contribution >= 0.6 is 11.8 Å². The van der Waals surface area contributed by atoms with E-state index in [1.807, 2.05) is 43.8 Å². The van der Waals surface area contributed by atoms with Gasteiger partial charge in [-0.25, -0.2) is 0 Å². The first-order chi connectivity index (χ1) is 9.02. The summed E-state index contributed by atoms with van der Waals surface area (Å²) in [6.45, 7) is 8.40. The second-order valence-corrected chi connectivity index (χ2v) is 6.34. The van der Waals surface area contributed by atoms with Gasteiger partial charge in [0, 0.05) is 17.8 Å². The van der Waals surface area contributed by atoms with Crippen molar-refractivity contribution in [3.05, 3.63) is 18.2 Å². The van der Waals surface area contributed by atoms with E-state index < -0.39 is 0 Å². The highest BCUT2D eigenvalue weighted by atomic mass is 32.2. The van der Waals surface area contributed by atoms with E-state index in [9.17, 15) is 0 Å². The van der Waals surface area contributed by atoms with Crippen molar-refractivity contribution in [2.45, 2.75) is 46.3 Å². The molecule has 1 atom stereocenters. The number of benzene rings is 1. The number of anilines is 2. The van der Waals surface area contributed by atoms with Crippen molar-refractivity contribution in [3.63, 3.8) is 0 Å². The molecule has 1 unspecified atom stereocenters. The Bertz CT molecular complexity index is 382. The van der Waals surface area contributed by atoms with Crippen molar-refractivity contribution in [1.82, 2.24) is 0 Å². The second-order valence-electron chi connectivity index (χ2n) is 4.95. The first-order valence-corrected chi connectivity index (χ1v) is 8.08. The highest BCUT2D eigenvalue weighted by Gasteiger charge is 2.07. The molecule has 0 aliphatic rings. The molecule has 0 aliphatic carbocycles. The van der Waals surface area contributed by atoms with Crippen molar-refractivity contribution < 1.29 is 4.74 Å². The fraction of sp³-hybridized carbons (Fsp3) is 0.600. The van der Waals surface area contributed by atoms with Crippen LogP contribution in [0.2, 0.25) is 0 Å². The van der Waals surface area contributed by atoms with E-state index in [2.05, 4.69) is 19.2 Å². The molecule has 108 valence electrons. The lowest BCUT2D eigenvalue weighted by Gasteiger charge is -2.17. The van der Waals surface area contributed by atoms with Gasteiger partial charge in [0.1, 0.15) is 5.75 Å².